The number of nitrogens with one attached hydrogen (secondary N) is 2. The first-order valence-corrected chi connectivity index (χ1v) is 9.64. The third kappa shape index (κ3) is 5.86. The number of carbonyl (C=O) groups is 1. The lowest BCUT2D eigenvalue weighted by atomic mass is 10.3. The molecule has 0 saturated carbocycles. The van der Waals surface area contributed by atoms with E-state index in [2.05, 4.69) is 15.5 Å². The minimum Gasteiger partial charge on any atom is -0.414 e. The van der Waals surface area contributed by atoms with Gasteiger partial charge in [-0.05, 0) is 35.7 Å². The van der Waals surface area contributed by atoms with Crippen molar-refractivity contribution in [2.75, 3.05) is 32.1 Å². The summed E-state index contributed by atoms with van der Waals surface area (Å²) in [6.07, 6.45) is 0. The quantitative estimate of drug-likeness (QED) is 0.567. The number of hydrogen-bond acceptors (Lipinski definition) is 6. The van der Waals surface area contributed by atoms with Gasteiger partial charge in [0, 0.05) is 17.8 Å². The Bertz CT molecular complexity index is 852. The number of benzene rings is 1. The van der Waals surface area contributed by atoms with Crippen LogP contribution in [0.5, 0.6) is 0 Å². The van der Waals surface area contributed by atoms with Gasteiger partial charge in [0.1, 0.15) is 6.54 Å². The third-order valence-corrected chi connectivity index (χ3v) is 4.91. The standard InChI is InChI=1S/C18H19ClN4O3S/c1-25-9-8-23(11-16(24)20-14-6-4-13(19)5-7-14)12-17-21-22-18(26-17)15-3-2-10-27-15/h2-7,10H,8-9,11-12H2,1H3,(H,20,24)/p+1. The third-order valence-electron chi connectivity index (χ3n) is 3.80. The maximum absolute atomic E-state index is 12.4. The van der Waals surface area contributed by atoms with Crippen LogP contribution in [-0.2, 0) is 16.1 Å². The van der Waals surface area contributed by atoms with Crippen LogP contribution in [0.3, 0.4) is 0 Å². The van der Waals surface area contributed by atoms with Crippen molar-refractivity contribution in [2.24, 2.45) is 0 Å². The predicted octanol–water partition coefficient (Wildman–Crippen LogP) is 2.12. The predicted molar refractivity (Wildman–Crippen MR) is 104 cm³/mol. The Labute approximate surface area is 165 Å². The molecule has 2 N–H and O–H groups in total. The van der Waals surface area contributed by atoms with Crippen molar-refractivity contribution in [3.8, 4) is 10.8 Å². The molecule has 0 fully saturated rings. The lowest BCUT2D eigenvalue weighted by Gasteiger charge is -2.17. The molecule has 0 spiro atoms. The normalized spacial score (nSPS) is 12.1. The fourth-order valence-electron chi connectivity index (χ4n) is 2.49. The van der Waals surface area contributed by atoms with E-state index in [1.54, 1.807) is 31.4 Å². The Morgan fingerprint density at radius 1 is 1.30 bits per heavy atom. The van der Waals surface area contributed by atoms with E-state index < -0.39 is 0 Å². The van der Waals surface area contributed by atoms with E-state index >= 15 is 0 Å². The van der Waals surface area contributed by atoms with Crippen LogP contribution in [0.4, 0.5) is 5.69 Å². The van der Waals surface area contributed by atoms with E-state index in [0.717, 1.165) is 9.78 Å². The summed E-state index contributed by atoms with van der Waals surface area (Å²) in [6.45, 7) is 1.86. The van der Waals surface area contributed by atoms with Gasteiger partial charge in [-0.15, -0.1) is 21.5 Å². The van der Waals surface area contributed by atoms with Crippen LogP contribution in [0.25, 0.3) is 10.8 Å². The van der Waals surface area contributed by atoms with Crippen LogP contribution in [-0.4, -0.2) is 42.9 Å². The molecule has 2 aromatic heterocycles. The van der Waals surface area contributed by atoms with Crippen molar-refractivity contribution in [1.29, 1.82) is 0 Å². The Morgan fingerprint density at radius 2 is 2.11 bits per heavy atom. The maximum atomic E-state index is 12.4. The smallest absolute Gasteiger partial charge is 0.279 e. The first-order chi connectivity index (χ1) is 13.1. The van der Waals surface area contributed by atoms with E-state index in [9.17, 15) is 4.79 Å². The van der Waals surface area contributed by atoms with Crippen LogP contribution in [0.2, 0.25) is 5.02 Å². The molecule has 7 nitrogen and oxygen atoms in total. The molecule has 1 amide bonds. The van der Waals surface area contributed by atoms with E-state index in [1.807, 2.05) is 17.5 Å². The van der Waals surface area contributed by atoms with Crippen LogP contribution in [0.1, 0.15) is 5.89 Å². The molecule has 0 aliphatic carbocycles. The van der Waals surface area contributed by atoms with E-state index in [-0.39, 0.29) is 12.5 Å². The van der Waals surface area contributed by atoms with Crippen molar-refractivity contribution in [1.82, 2.24) is 10.2 Å². The number of carbonyl (C=O) groups excluding carboxylic acids is 1. The Morgan fingerprint density at radius 3 is 2.81 bits per heavy atom. The topological polar surface area (TPSA) is 81.7 Å². The molecule has 0 aliphatic rings. The summed E-state index contributed by atoms with van der Waals surface area (Å²) in [5.74, 6) is 0.877. The summed E-state index contributed by atoms with van der Waals surface area (Å²) in [5, 5.41) is 13.6. The zero-order chi connectivity index (χ0) is 19.1. The van der Waals surface area contributed by atoms with Crippen LogP contribution in [0, 0.1) is 0 Å². The number of methoxy groups -OCH3 is 1. The van der Waals surface area contributed by atoms with Gasteiger partial charge in [-0.2, -0.15) is 0 Å². The number of hydrogen-bond donors (Lipinski definition) is 2. The van der Waals surface area contributed by atoms with Crippen LogP contribution < -0.4 is 10.2 Å². The molecule has 0 saturated heterocycles. The monoisotopic (exact) mass is 407 g/mol. The Balaban J connectivity index is 1.61. The molecule has 1 unspecified atom stereocenters. The van der Waals surface area contributed by atoms with Crippen molar-refractivity contribution in [3.05, 3.63) is 52.7 Å². The summed E-state index contributed by atoms with van der Waals surface area (Å²) in [7, 11) is 1.63. The molecule has 3 aromatic rings. The molecular weight excluding hydrogens is 388 g/mol. The van der Waals surface area contributed by atoms with Gasteiger partial charge in [0.15, 0.2) is 13.1 Å². The van der Waals surface area contributed by atoms with E-state index in [0.29, 0.717) is 42.2 Å². The van der Waals surface area contributed by atoms with Crippen molar-refractivity contribution >= 4 is 34.5 Å². The number of thiophene rings is 1. The summed E-state index contributed by atoms with van der Waals surface area (Å²) in [5.41, 5.74) is 0.702. The second kappa shape index (κ2) is 9.61. The maximum Gasteiger partial charge on any atom is 0.279 e. The summed E-state index contributed by atoms with van der Waals surface area (Å²) < 4.78 is 10.9. The SMILES string of the molecule is COCC[NH+](CC(=O)Nc1ccc(Cl)cc1)Cc1nnc(-c2cccs2)o1. The highest BCUT2D eigenvalue weighted by molar-refractivity contribution is 7.13. The van der Waals surface area contributed by atoms with Crippen molar-refractivity contribution < 1.29 is 18.8 Å². The zero-order valence-corrected chi connectivity index (χ0v) is 16.3. The first-order valence-electron chi connectivity index (χ1n) is 8.38. The average molecular weight is 408 g/mol. The van der Waals surface area contributed by atoms with Gasteiger partial charge >= 0.3 is 0 Å². The Kier molecular flexibility index (Phi) is 6.94. The number of halogens is 1. The highest BCUT2D eigenvalue weighted by atomic mass is 35.5. The molecule has 27 heavy (non-hydrogen) atoms. The number of quaternary nitrogens is 1. The zero-order valence-electron chi connectivity index (χ0n) is 14.8. The van der Waals surface area contributed by atoms with Crippen LogP contribution in [0.15, 0.2) is 46.2 Å². The number of anilines is 1. The van der Waals surface area contributed by atoms with Gasteiger partial charge in [0.25, 0.3) is 17.7 Å². The number of nitrogens with zero attached hydrogens (tertiary/aromatic N) is 2. The van der Waals surface area contributed by atoms with Gasteiger partial charge in [-0.3, -0.25) is 4.79 Å². The number of ether oxygens (including phenoxy) is 1. The number of aromatic nitrogens is 2. The molecule has 3 rings (SSSR count). The van der Waals surface area contributed by atoms with Crippen LogP contribution >= 0.6 is 22.9 Å². The van der Waals surface area contributed by atoms with E-state index in [1.165, 1.54) is 11.3 Å². The average Bonchev–Trinajstić information content (AvgIpc) is 3.33. The largest absolute Gasteiger partial charge is 0.414 e. The molecule has 1 aromatic carbocycles. The molecule has 0 aliphatic heterocycles. The summed E-state index contributed by atoms with van der Waals surface area (Å²) in [4.78, 5) is 14.3. The Hall–Kier alpha value is -2.26. The highest BCUT2D eigenvalue weighted by Gasteiger charge is 2.19. The molecule has 142 valence electrons. The van der Waals surface area contributed by atoms with Crippen molar-refractivity contribution in [2.45, 2.75) is 6.54 Å². The van der Waals surface area contributed by atoms with Gasteiger partial charge < -0.3 is 19.4 Å². The van der Waals surface area contributed by atoms with Gasteiger partial charge in [0.2, 0.25) is 0 Å². The fourth-order valence-corrected chi connectivity index (χ4v) is 3.26. The lowest BCUT2D eigenvalue weighted by Crippen LogP contribution is -3.12. The number of amides is 1. The van der Waals surface area contributed by atoms with E-state index in [4.69, 9.17) is 20.8 Å². The lowest BCUT2D eigenvalue weighted by molar-refractivity contribution is -0.907. The van der Waals surface area contributed by atoms with Gasteiger partial charge in [0.05, 0.1) is 11.5 Å². The molecule has 2 heterocycles. The second-order valence-corrected chi connectivity index (χ2v) is 7.26. The van der Waals surface area contributed by atoms with Gasteiger partial charge in [-0.1, -0.05) is 17.7 Å². The van der Waals surface area contributed by atoms with Gasteiger partial charge in [-0.25, -0.2) is 0 Å². The summed E-state index contributed by atoms with van der Waals surface area (Å²) >= 11 is 7.40. The molecule has 0 bridgehead atoms. The summed E-state index contributed by atoms with van der Waals surface area (Å²) in [6, 6.07) is 10.9. The molecule has 1 atom stereocenters. The van der Waals surface area contributed by atoms with Crippen molar-refractivity contribution in [3.63, 3.8) is 0 Å². The fraction of sp³-hybridized carbons (Fsp3) is 0.278. The minimum absolute atomic E-state index is 0.110. The molecular formula is C18H20ClN4O3S+. The first kappa shape index (κ1) is 19.5. The molecule has 9 heteroatoms. The number of rotatable bonds is 9. The minimum atomic E-state index is -0.110. The molecule has 0 radical (unpaired) electrons. The second-order valence-electron chi connectivity index (χ2n) is 5.88. The highest BCUT2D eigenvalue weighted by Crippen LogP contribution is 2.22.